The van der Waals surface area contributed by atoms with E-state index in [0.717, 1.165) is 4.90 Å². The molecule has 1 N–H and O–H groups in total. The van der Waals surface area contributed by atoms with E-state index in [1.807, 2.05) is 27.7 Å². The van der Waals surface area contributed by atoms with Gasteiger partial charge in [-0.2, -0.15) is 0 Å². The van der Waals surface area contributed by atoms with Gasteiger partial charge in [-0.3, -0.25) is 4.79 Å². The lowest BCUT2D eigenvalue weighted by Gasteiger charge is -2.24. The van der Waals surface area contributed by atoms with Crippen molar-refractivity contribution in [3.63, 3.8) is 0 Å². The first-order chi connectivity index (χ1) is 7.84. The highest BCUT2D eigenvalue weighted by atomic mass is 16.6. The van der Waals surface area contributed by atoms with Gasteiger partial charge in [-0.1, -0.05) is 27.7 Å². The van der Waals surface area contributed by atoms with Crippen LogP contribution >= 0.6 is 0 Å². The Morgan fingerprint density at radius 2 is 2.06 bits per heavy atom. The van der Waals surface area contributed by atoms with E-state index in [1.54, 1.807) is 0 Å². The molecule has 1 rings (SSSR count). The molecule has 0 aromatic heterocycles. The van der Waals surface area contributed by atoms with Crippen LogP contribution in [0.25, 0.3) is 0 Å². The van der Waals surface area contributed by atoms with E-state index < -0.39 is 12.2 Å². The number of cyclic esters (lactones) is 1. The highest BCUT2D eigenvalue weighted by Crippen LogP contribution is 2.21. The monoisotopic (exact) mass is 243 g/mol. The van der Waals surface area contributed by atoms with Gasteiger partial charge in [-0.05, 0) is 11.8 Å². The van der Waals surface area contributed by atoms with Crippen LogP contribution in [0.2, 0.25) is 0 Å². The third-order valence-corrected chi connectivity index (χ3v) is 3.10. The number of aliphatic hydroxyl groups is 1. The molecule has 2 atom stereocenters. The van der Waals surface area contributed by atoms with Crippen molar-refractivity contribution in [1.29, 1.82) is 0 Å². The van der Waals surface area contributed by atoms with Crippen LogP contribution < -0.4 is 0 Å². The van der Waals surface area contributed by atoms with Crippen molar-refractivity contribution in [2.75, 3.05) is 6.61 Å². The summed E-state index contributed by atoms with van der Waals surface area (Å²) < 4.78 is 4.89. The van der Waals surface area contributed by atoms with Crippen molar-refractivity contribution in [2.45, 2.75) is 46.3 Å². The molecule has 0 aromatic carbocycles. The lowest BCUT2D eigenvalue weighted by atomic mass is 10.0. The summed E-state index contributed by atoms with van der Waals surface area (Å²) in [6, 6.07) is -0.214. The Hall–Kier alpha value is -1.10. The summed E-state index contributed by atoms with van der Waals surface area (Å²) in [5, 5.41) is 9.67. The van der Waals surface area contributed by atoms with Gasteiger partial charge in [-0.15, -0.1) is 0 Å². The second-order valence-electron chi connectivity index (χ2n) is 5.17. The topological polar surface area (TPSA) is 66.8 Å². The number of hydrogen-bond acceptors (Lipinski definition) is 4. The summed E-state index contributed by atoms with van der Waals surface area (Å²) in [5.74, 6) is -0.205. The van der Waals surface area contributed by atoms with Crippen molar-refractivity contribution < 1.29 is 19.4 Å². The average molecular weight is 243 g/mol. The molecule has 1 saturated heterocycles. The second-order valence-corrected chi connectivity index (χ2v) is 5.17. The van der Waals surface area contributed by atoms with Crippen LogP contribution in [0.4, 0.5) is 4.79 Å². The maximum atomic E-state index is 12.0. The minimum atomic E-state index is -0.719. The zero-order valence-corrected chi connectivity index (χ0v) is 10.8. The van der Waals surface area contributed by atoms with E-state index in [9.17, 15) is 14.7 Å². The summed E-state index contributed by atoms with van der Waals surface area (Å²) in [7, 11) is 0. The molecule has 1 heterocycles. The highest BCUT2D eigenvalue weighted by Gasteiger charge is 2.39. The highest BCUT2D eigenvalue weighted by molar-refractivity contribution is 5.93. The SMILES string of the molecule is CC(C)C(O)CC(=O)N1C(=O)OC[C@@H]1C(C)C. The summed E-state index contributed by atoms with van der Waals surface area (Å²) in [4.78, 5) is 24.6. The van der Waals surface area contributed by atoms with E-state index in [4.69, 9.17) is 4.74 Å². The fourth-order valence-corrected chi connectivity index (χ4v) is 1.73. The molecule has 0 radical (unpaired) electrons. The van der Waals surface area contributed by atoms with E-state index in [-0.39, 0.29) is 36.8 Å². The Bertz CT molecular complexity index is 301. The van der Waals surface area contributed by atoms with Gasteiger partial charge in [0.15, 0.2) is 0 Å². The molecule has 0 aromatic rings. The van der Waals surface area contributed by atoms with Crippen LogP contribution in [0.1, 0.15) is 34.1 Å². The van der Waals surface area contributed by atoms with Gasteiger partial charge in [0.05, 0.1) is 18.6 Å². The molecule has 17 heavy (non-hydrogen) atoms. The first-order valence-electron chi connectivity index (χ1n) is 6.01. The van der Waals surface area contributed by atoms with Crippen LogP contribution in [0.5, 0.6) is 0 Å². The number of rotatable bonds is 4. The molecule has 0 aliphatic carbocycles. The number of carbonyl (C=O) groups excluding carboxylic acids is 2. The van der Waals surface area contributed by atoms with Crippen LogP contribution in [0.3, 0.4) is 0 Å². The van der Waals surface area contributed by atoms with Crippen LogP contribution in [-0.2, 0) is 9.53 Å². The molecule has 1 aliphatic heterocycles. The quantitative estimate of drug-likeness (QED) is 0.810. The van der Waals surface area contributed by atoms with Crippen molar-refractivity contribution in [3.05, 3.63) is 0 Å². The van der Waals surface area contributed by atoms with E-state index in [2.05, 4.69) is 0 Å². The van der Waals surface area contributed by atoms with Crippen molar-refractivity contribution in [2.24, 2.45) is 11.8 Å². The first kappa shape index (κ1) is 14.0. The van der Waals surface area contributed by atoms with Crippen LogP contribution in [0, 0.1) is 11.8 Å². The van der Waals surface area contributed by atoms with E-state index in [1.165, 1.54) is 0 Å². The van der Waals surface area contributed by atoms with E-state index >= 15 is 0 Å². The average Bonchev–Trinajstić information content (AvgIpc) is 2.59. The minimum Gasteiger partial charge on any atom is -0.447 e. The molecule has 1 unspecified atom stereocenters. The van der Waals surface area contributed by atoms with Crippen molar-refractivity contribution in [3.8, 4) is 0 Å². The molecular weight excluding hydrogens is 222 g/mol. The molecule has 0 spiro atoms. The van der Waals surface area contributed by atoms with Gasteiger partial charge < -0.3 is 9.84 Å². The Kier molecular flexibility index (Phi) is 4.51. The molecule has 0 bridgehead atoms. The number of carbonyl (C=O) groups is 2. The third kappa shape index (κ3) is 3.19. The Balaban J connectivity index is 2.69. The molecule has 2 amide bonds. The largest absolute Gasteiger partial charge is 0.447 e. The predicted octanol–water partition coefficient (Wildman–Crippen LogP) is 1.40. The second kappa shape index (κ2) is 5.49. The maximum Gasteiger partial charge on any atom is 0.416 e. The number of amides is 2. The molecular formula is C12H21NO4. The maximum absolute atomic E-state index is 12.0. The smallest absolute Gasteiger partial charge is 0.416 e. The van der Waals surface area contributed by atoms with Gasteiger partial charge in [-0.25, -0.2) is 9.69 Å². The fourth-order valence-electron chi connectivity index (χ4n) is 1.73. The lowest BCUT2D eigenvalue weighted by molar-refractivity contribution is -0.132. The van der Waals surface area contributed by atoms with Gasteiger partial charge in [0.2, 0.25) is 5.91 Å². The Morgan fingerprint density at radius 3 is 2.53 bits per heavy atom. The molecule has 1 fully saturated rings. The predicted molar refractivity (Wildman–Crippen MR) is 62.3 cm³/mol. The Morgan fingerprint density at radius 1 is 1.47 bits per heavy atom. The summed E-state index contributed by atoms with van der Waals surface area (Å²) in [6.45, 7) is 7.79. The van der Waals surface area contributed by atoms with Gasteiger partial charge in [0.1, 0.15) is 6.61 Å². The fraction of sp³-hybridized carbons (Fsp3) is 0.833. The lowest BCUT2D eigenvalue weighted by Crippen LogP contribution is -2.43. The molecule has 5 heteroatoms. The van der Waals surface area contributed by atoms with E-state index in [0.29, 0.717) is 0 Å². The normalized spacial score (nSPS) is 22.2. The zero-order chi connectivity index (χ0) is 13.2. The van der Waals surface area contributed by atoms with Crippen LogP contribution in [-0.4, -0.2) is 40.8 Å². The first-order valence-corrected chi connectivity index (χ1v) is 6.01. The molecule has 5 nitrogen and oxygen atoms in total. The van der Waals surface area contributed by atoms with Gasteiger partial charge in [0, 0.05) is 0 Å². The summed E-state index contributed by atoms with van der Waals surface area (Å²) in [6.07, 6.45) is -1.34. The Labute approximate surface area is 102 Å². The van der Waals surface area contributed by atoms with Crippen molar-refractivity contribution in [1.82, 2.24) is 4.90 Å². The summed E-state index contributed by atoms with van der Waals surface area (Å²) >= 11 is 0. The number of ether oxygens (including phenoxy) is 1. The molecule has 0 saturated carbocycles. The number of nitrogens with zero attached hydrogens (tertiary/aromatic N) is 1. The minimum absolute atomic E-state index is 0.00456. The molecule has 98 valence electrons. The van der Waals surface area contributed by atoms with Crippen LogP contribution in [0.15, 0.2) is 0 Å². The summed E-state index contributed by atoms with van der Waals surface area (Å²) in [5.41, 5.74) is 0. The van der Waals surface area contributed by atoms with Gasteiger partial charge >= 0.3 is 6.09 Å². The zero-order valence-electron chi connectivity index (χ0n) is 10.8. The number of aliphatic hydroxyl groups excluding tert-OH is 1. The number of imide groups is 1. The standard InChI is InChI=1S/C12H21NO4/c1-7(2)9-6-17-12(16)13(9)11(15)5-10(14)8(3)4/h7-10,14H,5-6H2,1-4H3/t9-,10?/m1/s1. The van der Waals surface area contributed by atoms with Crippen molar-refractivity contribution >= 4 is 12.0 Å². The molecule has 1 aliphatic rings. The third-order valence-electron chi connectivity index (χ3n) is 3.10. The van der Waals surface area contributed by atoms with Gasteiger partial charge in [0.25, 0.3) is 0 Å². The number of hydrogen-bond donors (Lipinski definition) is 1.